The Morgan fingerprint density at radius 2 is 1.67 bits per heavy atom. The monoisotopic (exact) mass is 335 g/mol. The quantitative estimate of drug-likeness (QED) is 0.790. The zero-order chi connectivity index (χ0) is 17.4. The largest absolute Gasteiger partial charge is 0.460 e. The summed E-state index contributed by atoms with van der Waals surface area (Å²) in [6.45, 7) is -3.34. The summed E-state index contributed by atoms with van der Waals surface area (Å²) in [5, 5.41) is 2.31. The van der Waals surface area contributed by atoms with E-state index in [0.29, 0.717) is 0 Å². The first kappa shape index (κ1) is 17.4. The average Bonchev–Trinajstić information content (AvgIpc) is 2.58. The second kappa shape index (κ2) is 8.61. The maximum absolute atomic E-state index is 12.3. The SMILES string of the molecule is O=C(CNC(=O)c1ccccc1OC(F)F)OCc1ccccc1. The van der Waals surface area contributed by atoms with Crippen LogP contribution in [-0.4, -0.2) is 25.0 Å². The fourth-order valence-corrected chi connectivity index (χ4v) is 1.89. The van der Waals surface area contributed by atoms with Crippen molar-refractivity contribution in [2.24, 2.45) is 0 Å². The second-order valence-electron chi connectivity index (χ2n) is 4.70. The number of ether oxygens (including phenoxy) is 2. The second-order valence-corrected chi connectivity index (χ2v) is 4.70. The lowest BCUT2D eigenvalue weighted by molar-refractivity contribution is -0.143. The number of alkyl halides is 2. The summed E-state index contributed by atoms with van der Waals surface area (Å²) in [6, 6.07) is 14.6. The third-order valence-electron chi connectivity index (χ3n) is 2.98. The van der Waals surface area contributed by atoms with Crippen LogP contribution in [0.4, 0.5) is 8.78 Å². The highest BCUT2D eigenvalue weighted by molar-refractivity contribution is 5.98. The first-order chi connectivity index (χ1) is 11.6. The summed E-state index contributed by atoms with van der Waals surface area (Å²) < 4.78 is 33.9. The molecule has 0 spiro atoms. The molecule has 0 saturated heterocycles. The van der Waals surface area contributed by atoms with Gasteiger partial charge in [-0.3, -0.25) is 9.59 Å². The Hall–Kier alpha value is -2.96. The number of benzene rings is 2. The van der Waals surface area contributed by atoms with Crippen molar-refractivity contribution in [1.82, 2.24) is 5.32 Å². The van der Waals surface area contributed by atoms with Gasteiger partial charge in [-0.05, 0) is 17.7 Å². The topological polar surface area (TPSA) is 64.6 Å². The highest BCUT2D eigenvalue weighted by Gasteiger charge is 2.16. The molecule has 0 radical (unpaired) electrons. The first-order valence-corrected chi connectivity index (χ1v) is 7.08. The van der Waals surface area contributed by atoms with E-state index in [2.05, 4.69) is 10.1 Å². The van der Waals surface area contributed by atoms with Gasteiger partial charge in [-0.15, -0.1) is 0 Å². The Morgan fingerprint density at radius 3 is 2.38 bits per heavy atom. The van der Waals surface area contributed by atoms with Crippen LogP contribution in [0.25, 0.3) is 0 Å². The maximum atomic E-state index is 12.3. The van der Waals surface area contributed by atoms with Gasteiger partial charge in [0.05, 0.1) is 5.56 Å². The molecule has 7 heteroatoms. The number of amides is 1. The van der Waals surface area contributed by atoms with Crippen LogP contribution in [0.5, 0.6) is 5.75 Å². The summed E-state index contributed by atoms with van der Waals surface area (Å²) in [4.78, 5) is 23.6. The van der Waals surface area contributed by atoms with Crippen LogP contribution in [0.3, 0.4) is 0 Å². The smallest absolute Gasteiger partial charge is 0.387 e. The van der Waals surface area contributed by atoms with E-state index < -0.39 is 18.5 Å². The van der Waals surface area contributed by atoms with E-state index in [1.807, 2.05) is 18.2 Å². The Balaban J connectivity index is 1.85. The van der Waals surface area contributed by atoms with E-state index in [0.717, 1.165) is 5.56 Å². The summed E-state index contributed by atoms with van der Waals surface area (Å²) >= 11 is 0. The lowest BCUT2D eigenvalue weighted by atomic mass is 10.2. The Kier molecular flexibility index (Phi) is 6.24. The number of carbonyl (C=O) groups excluding carboxylic acids is 2. The van der Waals surface area contributed by atoms with Gasteiger partial charge < -0.3 is 14.8 Å². The molecule has 0 aromatic heterocycles. The fraction of sp³-hybridized carbons (Fsp3) is 0.176. The van der Waals surface area contributed by atoms with Crippen LogP contribution in [0, 0.1) is 0 Å². The molecule has 0 heterocycles. The number of rotatable bonds is 7. The van der Waals surface area contributed by atoms with E-state index in [4.69, 9.17) is 4.74 Å². The Labute approximate surface area is 137 Å². The van der Waals surface area contributed by atoms with Gasteiger partial charge in [-0.2, -0.15) is 8.78 Å². The minimum atomic E-state index is -3.05. The van der Waals surface area contributed by atoms with Gasteiger partial charge in [0, 0.05) is 0 Å². The first-order valence-electron chi connectivity index (χ1n) is 7.08. The minimum absolute atomic E-state index is 0.0840. The highest BCUT2D eigenvalue weighted by atomic mass is 19.3. The van der Waals surface area contributed by atoms with Crippen LogP contribution in [-0.2, 0) is 16.1 Å². The van der Waals surface area contributed by atoms with Gasteiger partial charge in [0.15, 0.2) is 0 Å². The van der Waals surface area contributed by atoms with E-state index in [9.17, 15) is 18.4 Å². The zero-order valence-corrected chi connectivity index (χ0v) is 12.6. The summed E-state index contributed by atoms with van der Waals surface area (Å²) in [5.74, 6) is -1.61. The van der Waals surface area contributed by atoms with Crippen LogP contribution < -0.4 is 10.1 Å². The average molecular weight is 335 g/mol. The number of esters is 1. The van der Waals surface area contributed by atoms with E-state index in [1.54, 1.807) is 12.1 Å². The van der Waals surface area contributed by atoms with Gasteiger partial charge in [0.2, 0.25) is 0 Å². The summed E-state index contributed by atoms with van der Waals surface area (Å²) in [6.07, 6.45) is 0. The maximum Gasteiger partial charge on any atom is 0.387 e. The third-order valence-corrected chi connectivity index (χ3v) is 2.98. The number of nitrogens with one attached hydrogen (secondary N) is 1. The van der Waals surface area contributed by atoms with Crippen molar-refractivity contribution >= 4 is 11.9 Å². The van der Waals surface area contributed by atoms with Gasteiger partial charge in [-0.25, -0.2) is 0 Å². The summed E-state index contributed by atoms with van der Waals surface area (Å²) in [5.41, 5.74) is 0.724. The highest BCUT2D eigenvalue weighted by Crippen LogP contribution is 2.19. The molecule has 0 fully saturated rings. The predicted molar refractivity (Wildman–Crippen MR) is 81.6 cm³/mol. The number of carbonyl (C=O) groups is 2. The van der Waals surface area contributed by atoms with E-state index in [-0.39, 0.29) is 24.5 Å². The normalized spacial score (nSPS) is 10.3. The predicted octanol–water partition coefficient (Wildman–Crippen LogP) is 2.76. The van der Waals surface area contributed by atoms with Crippen molar-refractivity contribution < 1.29 is 27.8 Å². The van der Waals surface area contributed by atoms with Gasteiger partial charge in [-0.1, -0.05) is 42.5 Å². The van der Waals surface area contributed by atoms with Crippen molar-refractivity contribution in [2.75, 3.05) is 6.54 Å². The molecular weight excluding hydrogens is 320 g/mol. The van der Waals surface area contributed by atoms with Gasteiger partial charge in [0.25, 0.3) is 5.91 Å². The van der Waals surface area contributed by atoms with E-state index >= 15 is 0 Å². The van der Waals surface area contributed by atoms with Gasteiger partial charge in [0.1, 0.15) is 18.9 Å². The molecule has 0 bridgehead atoms. The molecule has 1 amide bonds. The molecule has 2 aromatic carbocycles. The van der Waals surface area contributed by atoms with Crippen LogP contribution in [0.2, 0.25) is 0 Å². The van der Waals surface area contributed by atoms with Crippen molar-refractivity contribution in [2.45, 2.75) is 13.2 Å². The molecule has 5 nitrogen and oxygen atoms in total. The minimum Gasteiger partial charge on any atom is -0.460 e. The molecule has 2 rings (SSSR count). The fourth-order valence-electron chi connectivity index (χ4n) is 1.89. The van der Waals surface area contributed by atoms with Crippen molar-refractivity contribution in [3.8, 4) is 5.75 Å². The van der Waals surface area contributed by atoms with Crippen LogP contribution in [0.15, 0.2) is 54.6 Å². The standard InChI is InChI=1S/C17H15F2NO4/c18-17(19)24-14-9-5-4-8-13(14)16(22)20-10-15(21)23-11-12-6-2-1-3-7-12/h1-9,17H,10-11H2,(H,20,22). The number of hydrogen-bond acceptors (Lipinski definition) is 4. The Bertz CT molecular complexity index is 692. The molecule has 0 aliphatic carbocycles. The molecule has 2 aromatic rings. The van der Waals surface area contributed by atoms with Gasteiger partial charge >= 0.3 is 12.6 Å². The van der Waals surface area contributed by atoms with Crippen LogP contribution >= 0.6 is 0 Å². The summed E-state index contributed by atoms with van der Waals surface area (Å²) in [7, 11) is 0. The van der Waals surface area contributed by atoms with Crippen molar-refractivity contribution in [3.05, 3.63) is 65.7 Å². The molecule has 0 saturated carbocycles. The molecular formula is C17H15F2NO4. The third kappa shape index (κ3) is 5.35. The number of hydrogen-bond donors (Lipinski definition) is 1. The van der Waals surface area contributed by atoms with E-state index in [1.165, 1.54) is 24.3 Å². The number of para-hydroxylation sites is 1. The molecule has 126 valence electrons. The number of halogens is 2. The molecule has 0 unspecified atom stereocenters. The van der Waals surface area contributed by atoms with Crippen molar-refractivity contribution in [1.29, 1.82) is 0 Å². The molecule has 1 N–H and O–H groups in total. The van der Waals surface area contributed by atoms with Crippen LogP contribution in [0.1, 0.15) is 15.9 Å². The van der Waals surface area contributed by atoms with Crippen molar-refractivity contribution in [3.63, 3.8) is 0 Å². The molecule has 24 heavy (non-hydrogen) atoms. The molecule has 0 atom stereocenters. The molecule has 0 aliphatic heterocycles. The Morgan fingerprint density at radius 1 is 1.00 bits per heavy atom. The molecule has 0 aliphatic rings. The zero-order valence-electron chi connectivity index (χ0n) is 12.6. The lowest BCUT2D eigenvalue weighted by Gasteiger charge is -2.10. The lowest BCUT2D eigenvalue weighted by Crippen LogP contribution is -2.31.